The maximum atomic E-state index is 11.3. The first kappa shape index (κ1) is 15.5. The van der Waals surface area contributed by atoms with Gasteiger partial charge in [-0.2, -0.15) is 0 Å². The minimum Gasteiger partial charge on any atom is -0.481 e. The van der Waals surface area contributed by atoms with Crippen LogP contribution in [0.1, 0.15) is 72.6 Å². The van der Waals surface area contributed by atoms with Crippen LogP contribution in [0.5, 0.6) is 0 Å². The molecule has 1 N–H and O–H groups in total. The second-order valence-electron chi connectivity index (χ2n) is 5.16. The quantitative estimate of drug-likeness (QED) is 0.631. The number of unbranched alkanes of at least 4 members (excludes halogenated alkanes) is 2. The van der Waals surface area contributed by atoms with Gasteiger partial charge in [-0.3, -0.25) is 4.79 Å². The summed E-state index contributed by atoms with van der Waals surface area (Å²) in [5.74, 6) is -0.789. The van der Waals surface area contributed by atoms with Gasteiger partial charge in [-0.15, -0.1) is 0 Å². The van der Waals surface area contributed by atoms with E-state index in [4.69, 9.17) is 0 Å². The predicted octanol–water partition coefficient (Wildman–Crippen LogP) is 4.48. The molecule has 1 unspecified atom stereocenters. The second kappa shape index (κ2) is 7.70. The number of aliphatic carboxylic acids is 1. The molecule has 0 spiro atoms. The minimum absolute atomic E-state index is 0.00734. The standard InChI is InChI=1S/C14H28O2/c1-5-8-10-14(4,11-9-6-2)12(7-3)13(15)16/h12H,5-11H2,1-4H3,(H,15,16). The summed E-state index contributed by atoms with van der Waals surface area (Å²) in [4.78, 5) is 11.3. The van der Waals surface area contributed by atoms with E-state index in [0.717, 1.165) is 44.9 Å². The molecule has 96 valence electrons. The molecule has 0 rings (SSSR count). The smallest absolute Gasteiger partial charge is 0.307 e. The zero-order chi connectivity index (χ0) is 12.6. The fourth-order valence-corrected chi connectivity index (χ4v) is 2.60. The van der Waals surface area contributed by atoms with Gasteiger partial charge in [0.1, 0.15) is 0 Å². The third-order valence-corrected chi connectivity index (χ3v) is 3.75. The Balaban J connectivity index is 4.65. The van der Waals surface area contributed by atoms with E-state index in [2.05, 4.69) is 20.8 Å². The van der Waals surface area contributed by atoms with Gasteiger partial charge in [-0.1, -0.05) is 53.4 Å². The third-order valence-electron chi connectivity index (χ3n) is 3.75. The van der Waals surface area contributed by atoms with Crippen LogP contribution >= 0.6 is 0 Å². The molecule has 0 heterocycles. The lowest BCUT2D eigenvalue weighted by molar-refractivity contribution is -0.147. The fourth-order valence-electron chi connectivity index (χ4n) is 2.60. The number of carbonyl (C=O) groups is 1. The molecule has 2 heteroatoms. The molecule has 0 aromatic heterocycles. The molecule has 0 radical (unpaired) electrons. The minimum atomic E-state index is -0.614. The van der Waals surface area contributed by atoms with E-state index in [1.54, 1.807) is 0 Å². The molecule has 0 saturated carbocycles. The molecular weight excluding hydrogens is 200 g/mol. The molecule has 0 aromatic carbocycles. The van der Waals surface area contributed by atoms with E-state index in [9.17, 15) is 9.90 Å². The van der Waals surface area contributed by atoms with Crippen molar-refractivity contribution in [3.8, 4) is 0 Å². The Morgan fingerprint density at radius 2 is 1.56 bits per heavy atom. The van der Waals surface area contributed by atoms with Crippen molar-refractivity contribution < 1.29 is 9.90 Å². The number of rotatable bonds is 9. The lowest BCUT2D eigenvalue weighted by Gasteiger charge is -2.35. The number of carboxylic acid groups (broad SMARTS) is 1. The van der Waals surface area contributed by atoms with Crippen molar-refractivity contribution in [2.75, 3.05) is 0 Å². The van der Waals surface area contributed by atoms with Crippen molar-refractivity contribution in [3.05, 3.63) is 0 Å². The van der Waals surface area contributed by atoms with Gasteiger partial charge in [0.2, 0.25) is 0 Å². The Hall–Kier alpha value is -0.530. The summed E-state index contributed by atoms with van der Waals surface area (Å²) >= 11 is 0. The second-order valence-corrected chi connectivity index (χ2v) is 5.16. The summed E-state index contributed by atoms with van der Waals surface area (Å²) in [6.07, 6.45) is 7.44. The summed E-state index contributed by atoms with van der Waals surface area (Å²) in [5.41, 5.74) is -0.00734. The van der Waals surface area contributed by atoms with Crippen molar-refractivity contribution in [2.45, 2.75) is 72.6 Å². The van der Waals surface area contributed by atoms with E-state index < -0.39 is 5.97 Å². The summed E-state index contributed by atoms with van der Waals surface area (Å²) in [5, 5.41) is 9.31. The zero-order valence-electron chi connectivity index (χ0n) is 11.4. The van der Waals surface area contributed by atoms with Crippen LogP contribution in [0.25, 0.3) is 0 Å². The number of hydrogen-bond acceptors (Lipinski definition) is 1. The zero-order valence-corrected chi connectivity index (χ0v) is 11.4. The average Bonchev–Trinajstić information content (AvgIpc) is 2.24. The van der Waals surface area contributed by atoms with Gasteiger partial charge < -0.3 is 5.11 Å². The van der Waals surface area contributed by atoms with E-state index in [0.29, 0.717) is 0 Å². The summed E-state index contributed by atoms with van der Waals surface area (Å²) in [6.45, 7) is 8.50. The summed E-state index contributed by atoms with van der Waals surface area (Å²) < 4.78 is 0. The summed E-state index contributed by atoms with van der Waals surface area (Å²) in [6, 6.07) is 0. The SMILES string of the molecule is CCCCC(C)(CCCC)C(CC)C(=O)O. The molecule has 0 aliphatic carbocycles. The van der Waals surface area contributed by atoms with Gasteiger partial charge in [0.15, 0.2) is 0 Å². The van der Waals surface area contributed by atoms with E-state index >= 15 is 0 Å². The van der Waals surface area contributed by atoms with Crippen LogP contribution in [-0.4, -0.2) is 11.1 Å². The monoisotopic (exact) mass is 228 g/mol. The van der Waals surface area contributed by atoms with Crippen LogP contribution in [0.4, 0.5) is 0 Å². The van der Waals surface area contributed by atoms with Crippen LogP contribution in [0.3, 0.4) is 0 Å². The Morgan fingerprint density at radius 3 is 1.81 bits per heavy atom. The van der Waals surface area contributed by atoms with Crippen LogP contribution in [0.15, 0.2) is 0 Å². The normalized spacial score (nSPS) is 13.8. The Morgan fingerprint density at radius 1 is 1.12 bits per heavy atom. The average molecular weight is 228 g/mol. The maximum Gasteiger partial charge on any atom is 0.307 e. The molecule has 0 saturated heterocycles. The molecule has 0 aliphatic rings. The van der Waals surface area contributed by atoms with Gasteiger partial charge in [0.05, 0.1) is 5.92 Å². The van der Waals surface area contributed by atoms with Crippen LogP contribution < -0.4 is 0 Å². The van der Waals surface area contributed by atoms with Crippen molar-refractivity contribution in [1.29, 1.82) is 0 Å². The van der Waals surface area contributed by atoms with E-state index in [-0.39, 0.29) is 11.3 Å². The summed E-state index contributed by atoms with van der Waals surface area (Å²) in [7, 11) is 0. The Labute approximate surface area is 100 Å². The highest BCUT2D eigenvalue weighted by Gasteiger charge is 2.36. The van der Waals surface area contributed by atoms with Gasteiger partial charge in [0.25, 0.3) is 0 Å². The molecule has 2 nitrogen and oxygen atoms in total. The topological polar surface area (TPSA) is 37.3 Å². The number of carboxylic acids is 1. The Kier molecular flexibility index (Phi) is 7.44. The van der Waals surface area contributed by atoms with Crippen LogP contribution in [-0.2, 0) is 4.79 Å². The van der Waals surface area contributed by atoms with Gasteiger partial charge in [0, 0.05) is 0 Å². The first-order chi connectivity index (χ1) is 7.51. The van der Waals surface area contributed by atoms with E-state index in [1.807, 2.05) is 6.92 Å². The van der Waals surface area contributed by atoms with Crippen molar-refractivity contribution in [3.63, 3.8) is 0 Å². The molecule has 0 aromatic rings. The molecule has 0 bridgehead atoms. The first-order valence-corrected chi connectivity index (χ1v) is 6.74. The van der Waals surface area contributed by atoms with Gasteiger partial charge in [-0.05, 0) is 24.7 Å². The van der Waals surface area contributed by atoms with Crippen molar-refractivity contribution in [2.24, 2.45) is 11.3 Å². The highest BCUT2D eigenvalue weighted by Crippen LogP contribution is 2.40. The highest BCUT2D eigenvalue weighted by atomic mass is 16.4. The molecule has 1 atom stereocenters. The van der Waals surface area contributed by atoms with Crippen LogP contribution in [0, 0.1) is 11.3 Å². The fraction of sp³-hybridized carbons (Fsp3) is 0.929. The van der Waals surface area contributed by atoms with Crippen molar-refractivity contribution >= 4 is 5.97 Å². The maximum absolute atomic E-state index is 11.3. The molecule has 0 fully saturated rings. The van der Waals surface area contributed by atoms with E-state index in [1.165, 1.54) is 0 Å². The lowest BCUT2D eigenvalue weighted by Crippen LogP contribution is -2.33. The number of hydrogen-bond donors (Lipinski definition) is 1. The van der Waals surface area contributed by atoms with Crippen molar-refractivity contribution in [1.82, 2.24) is 0 Å². The lowest BCUT2D eigenvalue weighted by atomic mass is 9.69. The molecule has 0 aliphatic heterocycles. The predicted molar refractivity (Wildman–Crippen MR) is 68.6 cm³/mol. The molecule has 0 amide bonds. The molecular formula is C14H28O2. The largest absolute Gasteiger partial charge is 0.481 e. The highest BCUT2D eigenvalue weighted by molar-refractivity contribution is 5.70. The first-order valence-electron chi connectivity index (χ1n) is 6.74. The van der Waals surface area contributed by atoms with Gasteiger partial charge in [-0.25, -0.2) is 0 Å². The Bertz CT molecular complexity index is 191. The molecule has 16 heavy (non-hydrogen) atoms. The van der Waals surface area contributed by atoms with Gasteiger partial charge >= 0.3 is 5.97 Å². The third kappa shape index (κ3) is 4.54. The van der Waals surface area contributed by atoms with Crippen LogP contribution in [0.2, 0.25) is 0 Å².